The van der Waals surface area contributed by atoms with Crippen molar-refractivity contribution in [2.45, 2.75) is 24.3 Å². The fourth-order valence-corrected chi connectivity index (χ4v) is 4.43. The molecule has 1 aromatic carbocycles. The molecule has 1 saturated heterocycles. The van der Waals surface area contributed by atoms with Crippen LogP contribution in [0.2, 0.25) is 5.02 Å². The van der Waals surface area contributed by atoms with Gasteiger partial charge in [0.05, 0.1) is 22.8 Å². The highest BCUT2D eigenvalue weighted by molar-refractivity contribution is 7.89. The number of piperidine rings is 1. The minimum absolute atomic E-state index is 0.0348. The standard InChI is InChI=1S/C14H17ClN2O3S/c1-10-5-6-17(9-13(10)20-2)21(18,19)14-4-3-11(8-16)7-12(14)15/h3-4,7,10,13H,5-6,9H2,1-2H3. The molecule has 1 aliphatic rings. The summed E-state index contributed by atoms with van der Waals surface area (Å²) in [6.07, 6.45) is 0.622. The molecule has 1 heterocycles. The molecule has 2 unspecified atom stereocenters. The molecule has 0 spiro atoms. The molecule has 1 aromatic rings. The van der Waals surface area contributed by atoms with E-state index in [0.717, 1.165) is 6.42 Å². The van der Waals surface area contributed by atoms with Crippen molar-refractivity contribution in [3.05, 3.63) is 28.8 Å². The molecule has 0 amide bonds. The molecule has 0 saturated carbocycles. The number of benzene rings is 1. The van der Waals surface area contributed by atoms with Crippen LogP contribution < -0.4 is 0 Å². The van der Waals surface area contributed by atoms with E-state index in [-0.39, 0.29) is 16.0 Å². The van der Waals surface area contributed by atoms with Gasteiger partial charge in [-0.15, -0.1) is 0 Å². The summed E-state index contributed by atoms with van der Waals surface area (Å²) in [5.74, 6) is 0.317. The largest absolute Gasteiger partial charge is 0.380 e. The molecule has 114 valence electrons. The molecule has 21 heavy (non-hydrogen) atoms. The SMILES string of the molecule is COC1CN(S(=O)(=O)c2ccc(C#N)cc2Cl)CCC1C. The van der Waals surface area contributed by atoms with Crippen LogP contribution in [0.15, 0.2) is 23.1 Å². The summed E-state index contributed by atoms with van der Waals surface area (Å²) >= 11 is 6.02. The average molecular weight is 329 g/mol. The number of sulfonamides is 1. The second-order valence-corrected chi connectivity index (χ2v) is 7.47. The van der Waals surface area contributed by atoms with Crippen molar-refractivity contribution in [3.8, 4) is 6.07 Å². The maximum atomic E-state index is 12.7. The molecular formula is C14H17ClN2O3S. The lowest BCUT2D eigenvalue weighted by Gasteiger charge is -2.35. The topological polar surface area (TPSA) is 70.4 Å². The zero-order chi connectivity index (χ0) is 15.6. The van der Waals surface area contributed by atoms with Crippen LogP contribution in [0.25, 0.3) is 0 Å². The second-order valence-electron chi connectivity index (χ2n) is 5.16. The Labute approximate surface area is 130 Å². The lowest BCUT2D eigenvalue weighted by Crippen LogP contribution is -2.46. The average Bonchev–Trinajstić information content (AvgIpc) is 2.47. The van der Waals surface area contributed by atoms with Gasteiger partial charge < -0.3 is 4.74 Å². The third kappa shape index (κ3) is 3.22. The summed E-state index contributed by atoms with van der Waals surface area (Å²) in [4.78, 5) is 0.0348. The smallest absolute Gasteiger partial charge is 0.244 e. The van der Waals surface area contributed by atoms with Crippen LogP contribution in [-0.4, -0.2) is 39.0 Å². The van der Waals surface area contributed by atoms with Gasteiger partial charge in [0.15, 0.2) is 0 Å². The molecule has 2 rings (SSSR count). The Morgan fingerprint density at radius 2 is 2.19 bits per heavy atom. The number of hydrogen-bond acceptors (Lipinski definition) is 4. The monoisotopic (exact) mass is 328 g/mol. The van der Waals surface area contributed by atoms with Crippen LogP contribution in [0, 0.1) is 17.2 Å². The Kier molecular flexibility index (Phi) is 4.89. The maximum Gasteiger partial charge on any atom is 0.244 e. The number of rotatable bonds is 3. The quantitative estimate of drug-likeness (QED) is 0.853. The molecule has 1 fully saturated rings. The summed E-state index contributed by atoms with van der Waals surface area (Å²) in [5, 5.41) is 8.89. The number of methoxy groups -OCH3 is 1. The Morgan fingerprint density at radius 3 is 2.76 bits per heavy atom. The van der Waals surface area contributed by atoms with E-state index in [1.54, 1.807) is 7.11 Å². The Balaban J connectivity index is 2.32. The summed E-state index contributed by atoms with van der Waals surface area (Å²) in [5.41, 5.74) is 0.334. The Morgan fingerprint density at radius 1 is 1.48 bits per heavy atom. The predicted octanol–water partition coefficient (Wildman–Crippen LogP) is 2.26. The Hall–Kier alpha value is -1.13. The van der Waals surface area contributed by atoms with Crippen molar-refractivity contribution < 1.29 is 13.2 Å². The zero-order valence-electron chi connectivity index (χ0n) is 11.9. The van der Waals surface area contributed by atoms with Gasteiger partial charge in [0.2, 0.25) is 10.0 Å². The van der Waals surface area contributed by atoms with Gasteiger partial charge in [-0.3, -0.25) is 0 Å². The summed E-state index contributed by atoms with van der Waals surface area (Å²) < 4.78 is 32.1. The molecule has 5 nitrogen and oxygen atoms in total. The molecule has 0 N–H and O–H groups in total. The zero-order valence-corrected chi connectivity index (χ0v) is 13.5. The van der Waals surface area contributed by atoms with Crippen molar-refractivity contribution in [1.29, 1.82) is 5.26 Å². The second kappa shape index (κ2) is 6.32. The van der Waals surface area contributed by atoms with Gasteiger partial charge in [0.1, 0.15) is 4.90 Å². The third-order valence-corrected chi connectivity index (χ3v) is 6.18. The van der Waals surface area contributed by atoms with E-state index in [9.17, 15) is 8.42 Å². The van der Waals surface area contributed by atoms with Gasteiger partial charge >= 0.3 is 0 Å². The van der Waals surface area contributed by atoms with Gasteiger partial charge in [0, 0.05) is 20.2 Å². The molecule has 0 radical (unpaired) electrons. The molecule has 0 aromatic heterocycles. The van der Waals surface area contributed by atoms with Crippen molar-refractivity contribution in [2.24, 2.45) is 5.92 Å². The third-order valence-electron chi connectivity index (χ3n) is 3.83. The first kappa shape index (κ1) is 16.2. The summed E-state index contributed by atoms with van der Waals surface area (Å²) in [6.45, 7) is 2.81. The minimum Gasteiger partial charge on any atom is -0.380 e. The number of nitriles is 1. The fourth-order valence-electron chi connectivity index (χ4n) is 2.45. The number of halogens is 1. The highest BCUT2D eigenvalue weighted by Crippen LogP contribution is 2.29. The minimum atomic E-state index is -3.67. The molecule has 2 atom stereocenters. The first-order valence-corrected chi connectivity index (χ1v) is 8.44. The highest BCUT2D eigenvalue weighted by Gasteiger charge is 2.34. The lowest BCUT2D eigenvalue weighted by atomic mass is 9.97. The number of ether oxygens (including phenoxy) is 1. The van der Waals surface area contributed by atoms with E-state index in [0.29, 0.717) is 24.6 Å². The molecule has 0 aliphatic carbocycles. The maximum absolute atomic E-state index is 12.7. The van der Waals surface area contributed by atoms with E-state index in [1.165, 1.54) is 22.5 Å². The van der Waals surface area contributed by atoms with Crippen LogP contribution in [0.3, 0.4) is 0 Å². The van der Waals surface area contributed by atoms with Gasteiger partial charge in [-0.1, -0.05) is 18.5 Å². The van der Waals surface area contributed by atoms with Crippen LogP contribution in [0.5, 0.6) is 0 Å². The summed E-state index contributed by atoms with van der Waals surface area (Å²) in [7, 11) is -2.08. The van der Waals surface area contributed by atoms with Gasteiger partial charge in [-0.05, 0) is 30.5 Å². The van der Waals surface area contributed by atoms with Crippen LogP contribution in [0.4, 0.5) is 0 Å². The van der Waals surface area contributed by atoms with Gasteiger partial charge in [-0.2, -0.15) is 9.57 Å². The van der Waals surface area contributed by atoms with E-state index >= 15 is 0 Å². The molecule has 7 heteroatoms. The lowest BCUT2D eigenvalue weighted by molar-refractivity contribution is 0.0184. The summed E-state index contributed by atoms with van der Waals surface area (Å²) in [6, 6.07) is 6.15. The molecule has 1 aliphatic heterocycles. The van der Waals surface area contributed by atoms with Crippen molar-refractivity contribution in [1.82, 2.24) is 4.31 Å². The van der Waals surface area contributed by atoms with Gasteiger partial charge in [-0.25, -0.2) is 8.42 Å². The van der Waals surface area contributed by atoms with Crippen molar-refractivity contribution >= 4 is 21.6 Å². The Bertz CT molecular complexity index is 669. The fraction of sp³-hybridized carbons (Fsp3) is 0.500. The molecule has 0 bridgehead atoms. The van der Waals surface area contributed by atoms with E-state index in [2.05, 4.69) is 0 Å². The van der Waals surface area contributed by atoms with Gasteiger partial charge in [0.25, 0.3) is 0 Å². The van der Waals surface area contributed by atoms with Crippen LogP contribution in [0.1, 0.15) is 18.9 Å². The predicted molar refractivity (Wildman–Crippen MR) is 79.5 cm³/mol. The van der Waals surface area contributed by atoms with Crippen molar-refractivity contribution in [3.63, 3.8) is 0 Å². The first-order valence-electron chi connectivity index (χ1n) is 6.62. The molecular weight excluding hydrogens is 312 g/mol. The van der Waals surface area contributed by atoms with E-state index < -0.39 is 10.0 Å². The normalized spacial score (nSPS) is 23.7. The number of nitrogens with zero attached hydrogens (tertiary/aromatic N) is 2. The highest BCUT2D eigenvalue weighted by atomic mass is 35.5. The van der Waals surface area contributed by atoms with Crippen molar-refractivity contribution in [2.75, 3.05) is 20.2 Å². The van der Waals surface area contributed by atoms with Crippen LogP contribution >= 0.6 is 11.6 Å². The van der Waals surface area contributed by atoms with E-state index in [1.807, 2.05) is 13.0 Å². The van der Waals surface area contributed by atoms with Crippen LogP contribution in [-0.2, 0) is 14.8 Å². The van der Waals surface area contributed by atoms with E-state index in [4.69, 9.17) is 21.6 Å². The number of hydrogen-bond donors (Lipinski definition) is 0. The first-order chi connectivity index (χ1) is 9.90.